The summed E-state index contributed by atoms with van der Waals surface area (Å²) in [6.07, 6.45) is 2.09. The molecule has 0 spiro atoms. The summed E-state index contributed by atoms with van der Waals surface area (Å²) in [6.45, 7) is 6.72. The van der Waals surface area contributed by atoms with Gasteiger partial charge in [0, 0.05) is 35.1 Å². The van der Waals surface area contributed by atoms with Crippen molar-refractivity contribution in [2.75, 3.05) is 31.8 Å². The van der Waals surface area contributed by atoms with Crippen LogP contribution in [0.1, 0.15) is 51.5 Å². The van der Waals surface area contributed by atoms with Gasteiger partial charge in [0.25, 0.3) is 0 Å². The van der Waals surface area contributed by atoms with Crippen LogP contribution >= 0.6 is 11.8 Å². The molecule has 1 aromatic rings. The van der Waals surface area contributed by atoms with E-state index >= 15 is 0 Å². The van der Waals surface area contributed by atoms with Gasteiger partial charge in [-0.3, -0.25) is 4.79 Å². The van der Waals surface area contributed by atoms with Crippen LogP contribution in [0, 0.1) is 0 Å². The molecule has 0 fully saturated rings. The minimum Gasteiger partial charge on any atom is -0.493 e. The molecule has 0 amide bonds. The quantitative estimate of drug-likeness (QED) is 0.447. The van der Waals surface area contributed by atoms with Crippen molar-refractivity contribution in [1.82, 2.24) is 5.32 Å². The third kappa shape index (κ3) is 5.09. The molecule has 1 N–H and O–H groups in total. The number of rotatable bonds is 9. The number of carbonyl (C=O) groups is 2. The zero-order chi connectivity index (χ0) is 22.4. The van der Waals surface area contributed by atoms with Crippen molar-refractivity contribution in [2.45, 2.75) is 46.0 Å². The Balaban J connectivity index is 2.03. The van der Waals surface area contributed by atoms with E-state index in [4.69, 9.17) is 14.2 Å². The Hall–Kier alpha value is -2.41. The maximum Gasteiger partial charge on any atom is 0.336 e. The van der Waals surface area contributed by atoms with Gasteiger partial charge in [0.05, 0.1) is 19.3 Å². The van der Waals surface area contributed by atoms with E-state index in [1.165, 1.54) is 0 Å². The summed E-state index contributed by atoms with van der Waals surface area (Å²) in [5, 5.41) is 3.32. The zero-order valence-corrected chi connectivity index (χ0v) is 19.5. The number of Topliss-reactive ketones (excluding diaryl/α,β-unsaturated/α-hetero) is 1. The van der Waals surface area contributed by atoms with Gasteiger partial charge in [-0.05, 0) is 50.1 Å². The van der Waals surface area contributed by atoms with Crippen molar-refractivity contribution in [3.8, 4) is 11.5 Å². The maximum atomic E-state index is 13.1. The summed E-state index contributed by atoms with van der Waals surface area (Å²) in [7, 11) is 1.59. The fourth-order valence-corrected chi connectivity index (χ4v) is 4.63. The molecule has 7 heteroatoms. The van der Waals surface area contributed by atoms with Crippen molar-refractivity contribution in [3.63, 3.8) is 0 Å². The van der Waals surface area contributed by atoms with Gasteiger partial charge in [-0.2, -0.15) is 11.8 Å². The molecule has 1 aliphatic carbocycles. The van der Waals surface area contributed by atoms with E-state index in [-0.39, 0.29) is 11.8 Å². The van der Waals surface area contributed by atoms with Crippen molar-refractivity contribution in [3.05, 3.63) is 46.3 Å². The van der Waals surface area contributed by atoms with E-state index in [1.54, 1.807) is 18.9 Å². The van der Waals surface area contributed by atoms with Gasteiger partial charge in [0.15, 0.2) is 17.3 Å². The van der Waals surface area contributed by atoms with Crippen LogP contribution in [0.2, 0.25) is 0 Å². The van der Waals surface area contributed by atoms with Gasteiger partial charge in [-0.25, -0.2) is 4.79 Å². The summed E-state index contributed by atoms with van der Waals surface area (Å²) in [4.78, 5) is 26.1. The standard InChI is InChI=1S/C24H31NO5S/c1-5-29-19-11-10-16(14-20(19)28-4)22-21(24(27)30-12-13-31-6-2)15(3)25-17-8-7-9-18(26)23(17)22/h10-11,14,22,25H,5-9,12-13H2,1-4H3. The lowest BCUT2D eigenvalue weighted by Crippen LogP contribution is -2.34. The third-order valence-corrected chi connectivity index (χ3v) is 6.35. The molecular formula is C24H31NO5S. The zero-order valence-electron chi connectivity index (χ0n) is 18.7. The average Bonchev–Trinajstić information content (AvgIpc) is 2.76. The van der Waals surface area contributed by atoms with Crippen molar-refractivity contribution >= 4 is 23.5 Å². The lowest BCUT2D eigenvalue weighted by Gasteiger charge is -2.34. The number of methoxy groups -OCH3 is 1. The Labute approximate surface area is 188 Å². The first-order valence-corrected chi connectivity index (χ1v) is 12.0. The number of benzene rings is 1. The third-order valence-electron chi connectivity index (χ3n) is 5.48. The number of thioether (sulfide) groups is 1. The topological polar surface area (TPSA) is 73.9 Å². The van der Waals surface area contributed by atoms with Gasteiger partial charge in [0.1, 0.15) is 6.61 Å². The predicted octanol–water partition coefficient (Wildman–Crippen LogP) is 4.36. The summed E-state index contributed by atoms with van der Waals surface area (Å²) in [5.74, 6) is 2.13. The molecule has 0 saturated heterocycles. The van der Waals surface area contributed by atoms with Crippen LogP contribution in [-0.4, -0.2) is 43.6 Å². The number of hydrogen-bond donors (Lipinski definition) is 1. The van der Waals surface area contributed by atoms with Crippen LogP contribution < -0.4 is 14.8 Å². The molecule has 1 heterocycles. The van der Waals surface area contributed by atoms with E-state index in [9.17, 15) is 9.59 Å². The summed E-state index contributed by atoms with van der Waals surface area (Å²) in [5.41, 5.74) is 3.61. The second-order valence-electron chi connectivity index (χ2n) is 7.44. The summed E-state index contributed by atoms with van der Waals surface area (Å²) >= 11 is 1.72. The van der Waals surface area contributed by atoms with E-state index in [0.717, 1.165) is 41.3 Å². The van der Waals surface area contributed by atoms with Gasteiger partial charge < -0.3 is 19.5 Å². The predicted molar refractivity (Wildman–Crippen MR) is 123 cm³/mol. The lowest BCUT2D eigenvalue weighted by molar-refractivity contribution is -0.138. The fourth-order valence-electron chi connectivity index (χ4n) is 4.14. The van der Waals surface area contributed by atoms with Crippen molar-refractivity contribution < 1.29 is 23.8 Å². The first-order chi connectivity index (χ1) is 15.0. The first-order valence-electron chi connectivity index (χ1n) is 10.8. The minimum atomic E-state index is -0.486. The van der Waals surface area contributed by atoms with Crippen molar-refractivity contribution in [2.24, 2.45) is 0 Å². The molecular weight excluding hydrogens is 414 g/mol. The molecule has 0 aromatic heterocycles. The number of allylic oxidation sites excluding steroid dienone is 3. The largest absolute Gasteiger partial charge is 0.493 e. The highest BCUT2D eigenvalue weighted by Crippen LogP contribution is 2.44. The van der Waals surface area contributed by atoms with Gasteiger partial charge in [-0.1, -0.05) is 13.0 Å². The first kappa shape index (κ1) is 23.3. The monoisotopic (exact) mass is 445 g/mol. The Morgan fingerprint density at radius 2 is 2.03 bits per heavy atom. The molecule has 0 saturated carbocycles. The highest BCUT2D eigenvalue weighted by atomic mass is 32.2. The SMILES string of the molecule is CCOc1ccc(C2C(C(=O)OCCSCC)=C(C)NC3=C2C(=O)CCC3)cc1OC. The molecule has 1 unspecified atom stereocenters. The van der Waals surface area contributed by atoms with Crippen LogP contribution in [0.25, 0.3) is 0 Å². The Bertz CT molecular complexity index is 905. The number of esters is 1. The molecule has 1 aromatic carbocycles. The Morgan fingerprint density at radius 1 is 1.23 bits per heavy atom. The number of ether oxygens (including phenoxy) is 3. The highest BCUT2D eigenvalue weighted by Gasteiger charge is 2.39. The van der Waals surface area contributed by atoms with Crippen LogP contribution in [-0.2, 0) is 14.3 Å². The van der Waals surface area contributed by atoms with Gasteiger partial charge in [-0.15, -0.1) is 0 Å². The molecule has 6 nitrogen and oxygen atoms in total. The van der Waals surface area contributed by atoms with Crippen molar-refractivity contribution in [1.29, 1.82) is 0 Å². The molecule has 3 rings (SSSR count). The molecule has 0 radical (unpaired) electrons. The van der Waals surface area contributed by atoms with Gasteiger partial charge in [0.2, 0.25) is 0 Å². The van der Waals surface area contributed by atoms with E-state index in [2.05, 4.69) is 12.2 Å². The van der Waals surface area contributed by atoms with Crippen LogP contribution in [0.5, 0.6) is 11.5 Å². The molecule has 2 aliphatic rings. The second-order valence-corrected chi connectivity index (χ2v) is 8.84. The average molecular weight is 446 g/mol. The smallest absolute Gasteiger partial charge is 0.336 e. The van der Waals surface area contributed by atoms with Gasteiger partial charge >= 0.3 is 5.97 Å². The fraction of sp³-hybridized carbons (Fsp3) is 0.500. The number of nitrogens with one attached hydrogen (secondary N) is 1. The molecule has 1 atom stereocenters. The lowest BCUT2D eigenvalue weighted by atomic mass is 9.75. The van der Waals surface area contributed by atoms with E-state index in [0.29, 0.717) is 42.3 Å². The summed E-state index contributed by atoms with van der Waals surface area (Å²) < 4.78 is 16.8. The minimum absolute atomic E-state index is 0.0749. The highest BCUT2D eigenvalue weighted by molar-refractivity contribution is 7.99. The van der Waals surface area contributed by atoms with E-state index in [1.807, 2.05) is 32.0 Å². The molecule has 168 valence electrons. The normalized spacial score (nSPS) is 18.5. The number of hydrogen-bond acceptors (Lipinski definition) is 7. The Kier molecular flexibility index (Phi) is 8.07. The molecule has 31 heavy (non-hydrogen) atoms. The number of dihydropyridines is 1. The summed E-state index contributed by atoms with van der Waals surface area (Å²) in [6, 6.07) is 5.61. The van der Waals surface area contributed by atoms with Crippen LogP contribution in [0.15, 0.2) is 40.7 Å². The molecule has 1 aliphatic heterocycles. The van der Waals surface area contributed by atoms with Crippen LogP contribution in [0.4, 0.5) is 0 Å². The molecule has 0 bridgehead atoms. The van der Waals surface area contributed by atoms with E-state index < -0.39 is 5.92 Å². The number of carbonyl (C=O) groups excluding carboxylic acids is 2. The maximum absolute atomic E-state index is 13.1. The van der Waals surface area contributed by atoms with Crippen LogP contribution in [0.3, 0.4) is 0 Å². The Morgan fingerprint density at radius 3 is 2.74 bits per heavy atom. The number of ketones is 1. The second kappa shape index (κ2) is 10.8.